The topological polar surface area (TPSA) is 0 Å². The fourth-order valence-corrected chi connectivity index (χ4v) is 1.02. The molecule has 0 N–H and O–H groups in total. The first kappa shape index (κ1) is 10.7. The fraction of sp³-hybridized carbons (Fsp3) is 0.727. The van der Waals surface area contributed by atoms with Gasteiger partial charge >= 0.3 is 0 Å². The van der Waals surface area contributed by atoms with Crippen molar-refractivity contribution < 1.29 is 0 Å². The molecule has 0 aliphatic rings. The molecular formula is C11H21. The lowest BCUT2D eigenvalue weighted by molar-refractivity contribution is 0.324. The van der Waals surface area contributed by atoms with Crippen LogP contribution < -0.4 is 0 Å². The van der Waals surface area contributed by atoms with Crippen molar-refractivity contribution in [2.75, 3.05) is 0 Å². The standard InChI is InChI=1S/C11H21/c1-5-7-8-9-10-11(3,4)6-2/h5H,1-2,6-10H2,3-4H3. The van der Waals surface area contributed by atoms with Crippen molar-refractivity contribution in [3.8, 4) is 0 Å². The molecule has 0 atom stereocenters. The van der Waals surface area contributed by atoms with Gasteiger partial charge < -0.3 is 0 Å². The molecule has 0 aliphatic carbocycles. The van der Waals surface area contributed by atoms with Crippen LogP contribution in [0.2, 0.25) is 0 Å². The summed E-state index contributed by atoms with van der Waals surface area (Å²) in [7, 11) is 0. The molecule has 0 unspecified atom stereocenters. The van der Waals surface area contributed by atoms with Crippen molar-refractivity contribution in [2.45, 2.75) is 46.0 Å². The van der Waals surface area contributed by atoms with Crippen LogP contribution in [-0.2, 0) is 0 Å². The average Bonchev–Trinajstić information content (AvgIpc) is 1.99. The average molecular weight is 153 g/mol. The molecule has 0 saturated heterocycles. The van der Waals surface area contributed by atoms with Gasteiger partial charge in [0.1, 0.15) is 0 Å². The molecule has 0 saturated carbocycles. The van der Waals surface area contributed by atoms with Crippen LogP contribution in [0.15, 0.2) is 12.7 Å². The van der Waals surface area contributed by atoms with Crippen LogP contribution in [0.3, 0.4) is 0 Å². The first-order valence-corrected chi connectivity index (χ1v) is 4.52. The van der Waals surface area contributed by atoms with Crippen LogP contribution in [0.5, 0.6) is 0 Å². The summed E-state index contributed by atoms with van der Waals surface area (Å²) in [5.41, 5.74) is 0.446. The third-order valence-electron chi connectivity index (χ3n) is 2.19. The number of rotatable bonds is 6. The van der Waals surface area contributed by atoms with Crippen molar-refractivity contribution in [3.05, 3.63) is 19.6 Å². The highest BCUT2D eigenvalue weighted by Crippen LogP contribution is 2.26. The van der Waals surface area contributed by atoms with Gasteiger partial charge in [-0.3, -0.25) is 0 Å². The van der Waals surface area contributed by atoms with Gasteiger partial charge in [0.25, 0.3) is 0 Å². The normalized spacial score (nSPS) is 11.5. The maximum Gasteiger partial charge on any atom is -0.0353 e. The Hall–Kier alpha value is -0.260. The molecule has 65 valence electrons. The zero-order chi connectivity index (χ0) is 8.74. The molecule has 0 aliphatic heterocycles. The monoisotopic (exact) mass is 153 g/mol. The van der Waals surface area contributed by atoms with E-state index in [0.717, 1.165) is 12.8 Å². The molecule has 11 heavy (non-hydrogen) atoms. The van der Waals surface area contributed by atoms with E-state index in [-0.39, 0.29) is 0 Å². The number of allylic oxidation sites excluding steroid dienone is 1. The van der Waals surface area contributed by atoms with Gasteiger partial charge in [-0.05, 0) is 31.1 Å². The largest absolute Gasteiger partial charge is 0.103 e. The summed E-state index contributed by atoms with van der Waals surface area (Å²) < 4.78 is 0. The van der Waals surface area contributed by atoms with Crippen molar-refractivity contribution in [2.24, 2.45) is 5.41 Å². The van der Waals surface area contributed by atoms with E-state index in [9.17, 15) is 0 Å². The fourth-order valence-electron chi connectivity index (χ4n) is 1.02. The van der Waals surface area contributed by atoms with Gasteiger partial charge in [0.05, 0.1) is 0 Å². The van der Waals surface area contributed by atoms with Gasteiger partial charge in [-0.1, -0.05) is 33.3 Å². The summed E-state index contributed by atoms with van der Waals surface area (Å²) in [4.78, 5) is 0. The molecule has 0 fully saturated rings. The Morgan fingerprint density at radius 1 is 1.27 bits per heavy atom. The second kappa shape index (κ2) is 5.40. The van der Waals surface area contributed by atoms with Crippen molar-refractivity contribution >= 4 is 0 Å². The summed E-state index contributed by atoms with van der Waals surface area (Å²) in [5, 5.41) is 0. The molecule has 0 bridgehead atoms. The van der Waals surface area contributed by atoms with Crippen LogP contribution in [0.1, 0.15) is 46.0 Å². The first-order chi connectivity index (χ1) is 5.12. The van der Waals surface area contributed by atoms with E-state index >= 15 is 0 Å². The molecule has 0 aromatic rings. The summed E-state index contributed by atoms with van der Waals surface area (Å²) in [6, 6.07) is 0. The molecule has 0 nitrogen and oxygen atoms in total. The lowest BCUT2D eigenvalue weighted by atomic mass is 9.84. The Morgan fingerprint density at radius 3 is 2.36 bits per heavy atom. The molecule has 0 aromatic heterocycles. The van der Waals surface area contributed by atoms with Crippen LogP contribution in [0.4, 0.5) is 0 Å². The number of hydrogen-bond acceptors (Lipinski definition) is 0. The Kier molecular flexibility index (Phi) is 5.27. The van der Waals surface area contributed by atoms with Crippen LogP contribution in [0.25, 0.3) is 0 Å². The second-order valence-electron chi connectivity index (χ2n) is 3.95. The minimum Gasteiger partial charge on any atom is -0.103 e. The summed E-state index contributed by atoms with van der Waals surface area (Å²) in [6.45, 7) is 12.2. The van der Waals surface area contributed by atoms with Crippen LogP contribution in [0, 0.1) is 12.3 Å². The second-order valence-corrected chi connectivity index (χ2v) is 3.95. The van der Waals surface area contributed by atoms with Crippen LogP contribution >= 0.6 is 0 Å². The quantitative estimate of drug-likeness (QED) is 0.400. The molecule has 0 heterocycles. The van der Waals surface area contributed by atoms with Gasteiger partial charge in [-0.2, -0.15) is 0 Å². The van der Waals surface area contributed by atoms with Gasteiger partial charge in [0, 0.05) is 0 Å². The van der Waals surface area contributed by atoms with E-state index in [1.165, 1.54) is 19.3 Å². The zero-order valence-electron chi connectivity index (χ0n) is 8.03. The lowest BCUT2D eigenvalue weighted by Crippen LogP contribution is -2.08. The zero-order valence-corrected chi connectivity index (χ0v) is 8.03. The van der Waals surface area contributed by atoms with E-state index in [4.69, 9.17) is 0 Å². The molecule has 0 rings (SSSR count). The molecular weight excluding hydrogens is 132 g/mol. The van der Waals surface area contributed by atoms with Crippen molar-refractivity contribution in [1.82, 2.24) is 0 Å². The van der Waals surface area contributed by atoms with E-state index in [2.05, 4.69) is 27.4 Å². The first-order valence-electron chi connectivity index (χ1n) is 4.52. The molecule has 0 aromatic carbocycles. The Bertz CT molecular complexity index is 101. The third kappa shape index (κ3) is 6.15. The van der Waals surface area contributed by atoms with Gasteiger partial charge in [-0.15, -0.1) is 6.58 Å². The highest BCUT2D eigenvalue weighted by molar-refractivity contribution is 4.71. The number of hydrogen-bond donors (Lipinski definition) is 0. The van der Waals surface area contributed by atoms with Crippen molar-refractivity contribution in [1.29, 1.82) is 0 Å². The minimum atomic E-state index is 0.446. The maximum atomic E-state index is 3.94. The lowest BCUT2D eigenvalue weighted by Gasteiger charge is -2.21. The Labute approximate surface area is 71.7 Å². The molecule has 0 spiro atoms. The SMILES string of the molecule is [CH2]CC(C)(C)CCCCC=C. The third-order valence-corrected chi connectivity index (χ3v) is 2.19. The van der Waals surface area contributed by atoms with Crippen LogP contribution in [-0.4, -0.2) is 0 Å². The summed E-state index contributed by atoms with van der Waals surface area (Å²) >= 11 is 0. The Balaban J connectivity index is 3.29. The Morgan fingerprint density at radius 2 is 1.91 bits per heavy atom. The molecule has 0 amide bonds. The summed E-state index contributed by atoms with van der Waals surface area (Å²) in [6.07, 6.45) is 8.09. The van der Waals surface area contributed by atoms with Gasteiger partial charge in [-0.25, -0.2) is 0 Å². The van der Waals surface area contributed by atoms with E-state index in [1.54, 1.807) is 0 Å². The minimum absolute atomic E-state index is 0.446. The smallest absolute Gasteiger partial charge is 0.0353 e. The van der Waals surface area contributed by atoms with Gasteiger partial charge in [0.2, 0.25) is 0 Å². The van der Waals surface area contributed by atoms with E-state index in [1.807, 2.05) is 6.08 Å². The van der Waals surface area contributed by atoms with Crippen molar-refractivity contribution in [3.63, 3.8) is 0 Å². The van der Waals surface area contributed by atoms with E-state index in [0.29, 0.717) is 5.41 Å². The predicted octanol–water partition coefficient (Wildman–Crippen LogP) is 3.98. The number of unbranched alkanes of at least 4 members (excludes halogenated alkanes) is 2. The predicted molar refractivity (Wildman–Crippen MR) is 52.4 cm³/mol. The highest BCUT2D eigenvalue weighted by Gasteiger charge is 2.13. The summed E-state index contributed by atoms with van der Waals surface area (Å²) in [5.74, 6) is 0. The maximum absolute atomic E-state index is 3.94. The highest BCUT2D eigenvalue weighted by atomic mass is 14.2. The van der Waals surface area contributed by atoms with Gasteiger partial charge in [0.15, 0.2) is 0 Å². The molecule has 0 heteroatoms. The molecule has 1 radical (unpaired) electrons. The van der Waals surface area contributed by atoms with E-state index < -0.39 is 0 Å².